The molecule has 1 aromatic heterocycles. The first-order chi connectivity index (χ1) is 17.5. The predicted octanol–water partition coefficient (Wildman–Crippen LogP) is 6.15. The van der Waals surface area contributed by atoms with Crippen LogP contribution in [0.1, 0.15) is 29.7 Å². The number of hydrogen-bond acceptors (Lipinski definition) is 6. The standard InChI is InChI=1S/C27H22Cl2N4O3/c1-2-35-26(34)23-24(18-6-4-3-5-7-18)32-27-30-16-31-33(27)25(23)19-9-11-20(12-10-19)36-15-17-8-13-21(28)22(29)14-17/h3-14,16,25H,2,15H2,1H3,(H,30,31,32). The Bertz CT molecular complexity index is 1420. The van der Waals surface area contributed by atoms with Crippen LogP contribution < -0.4 is 10.1 Å². The van der Waals surface area contributed by atoms with Gasteiger partial charge in [-0.1, -0.05) is 71.7 Å². The van der Waals surface area contributed by atoms with Gasteiger partial charge in [0.2, 0.25) is 5.95 Å². The molecule has 5 rings (SSSR count). The number of anilines is 1. The lowest BCUT2D eigenvalue weighted by molar-refractivity contribution is -0.138. The highest BCUT2D eigenvalue weighted by molar-refractivity contribution is 6.42. The first-order valence-corrected chi connectivity index (χ1v) is 12.1. The van der Waals surface area contributed by atoms with Crippen molar-refractivity contribution in [3.8, 4) is 5.75 Å². The molecular weight excluding hydrogens is 499 g/mol. The molecule has 182 valence electrons. The lowest BCUT2D eigenvalue weighted by atomic mass is 9.93. The minimum absolute atomic E-state index is 0.253. The van der Waals surface area contributed by atoms with Crippen LogP contribution in [0.3, 0.4) is 0 Å². The molecule has 0 spiro atoms. The summed E-state index contributed by atoms with van der Waals surface area (Å²) in [5.41, 5.74) is 3.67. The number of nitrogens with zero attached hydrogens (tertiary/aromatic N) is 3. The summed E-state index contributed by atoms with van der Waals surface area (Å²) in [5.74, 6) is 0.782. The summed E-state index contributed by atoms with van der Waals surface area (Å²) in [5, 5.41) is 8.64. The second-order valence-electron chi connectivity index (χ2n) is 8.04. The number of fused-ring (bicyclic) bond motifs is 1. The fourth-order valence-electron chi connectivity index (χ4n) is 4.07. The Balaban J connectivity index is 1.49. The van der Waals surface area contributed by atoms with Crippen LogP contribution in [-0.2, 0) is 16.1 Å². The van der Waals surface area contributed by atoms with Crippen molar-refractivity contribution in [1.29, 1.82) is 0 Å². The first kappa shape index (κ1) is 23.9. The van der Waals surface area contributed by atoms with Gasteiger partial charge in [0.1, 0.15) is 24.7 Å². The smallest absolute Gasteiger partial charge is 0.338 e. The molecule has 0 fully saturated rings. The van der Waals surface area contributed by atoms with Crippen molar-refractivity contribution in [2.24, 2.45) is 0 Å². The lowest BCUT2D eigenvalue weighted by Crippen LogP contribution is -2.30. The normalized spacial score (nSPS) is 14.7. The number of hydrogen-bond donors (Lipinski definition) is 1. The van der Waals surface area contributed by atoms with Crippen molar-refractivity contribution in [1.82, 2.24) is 14.8 Å². The average Bonchev–Trinajstić information content (AvgIpc) is 3.38. The van der Waals surface area contributed by atoms with E-state index >= 15 is 0 Å². The van der Waals surface area contributed by atoms with Crippen LogP contribution in [0.5, 0.6) is 5.75 Å². The monoisotopic (exact) mass is 520 g/mol. The summed E-state index contributed by atoms with van der Waals surface area (Å²) in [6.45, 7) is 2.37. The highest BCUT2D eigenvalue weighted by Gasteiger charge is 2.36. The number of nitrogens with one attached hydrogen (secondary N) is 1. The molecule has 0 saturated carbocycles. The van der Waals surface area contributed by atoms with E-state index in [1.54, 1.807) is 23.7 Å². The van der Waals surface area contributed by atoms with E-state index < -0.39 is 12.0 Å². The summed E-state index contributed by atoms with van der Waals surface area (Å²) >= 11 is 12.1. The number of esters is 1. The van der Waals surface area contributed by atoms with Crippen LogP contribution in [0.25, 0.3) is 5.70 Å². The Hall–Kier alpha value is -3.81. The van der Waals surface area contributed by atoms with Crippen LogP contribution >= 0.6 is 23.2 Å². The molecule has 2 heterocycles. The van der Waals surface area contributed by atoms with Gasteiger partial charge in [-0.2, -0.15) is 10.1 Å². The van der Waals surface area contributed by atoms with E-state index in [-0.39, 0.29) is 6.61 Å². The molecule has 7 nitrogen and oxygen atoms in total. The van der Waals surface area contributed by atoms with Gasteiger partial charge in [-0.05, 0) is 47.9 Å². The van der Waals surface area contributed by atoms with Crippen LogP contribution in [-0.4, -0.2) is 27.3 Å². The number of aromatic nitrogens is 3. The van der Waals surface area contributed by atoms with Crippen LogP contribution in [0.2, 0.25) is 10.0 Å². The number of benzene rings is 3. The predicted molar refractivity (Wildman–Crippen MR) is 139 cm³/mol. The Morgan fingerprint density at radius 1 is 1.03 bits per heavy atom. The molecule has 0 bridgehead atoms. The van der Waals surface area contributed by atoms with Crippen molar-refractivity contribution in [2.75, 3.05) is 11.9 Å². The van der Waals surface area contributed by atoms with Crippen LogP contribution in [0.15, 0.2) is 84.7 Å². The Labute approximate surface area is 218 Å². The Morgan fingerprint density at radius 2 is 1.81 bits per heavy atom. The topological polar surface area (TPSA) is 78.3 Å². The van der Waals surface area contributed by atoms with Gasteiger partial charge in [-0.15, -0.1) is 0 Å². The summed E-state index contributed by atoms with van der Waals surface area (Å²) in [6.07, 6.45) is 1.46. The van der Waals surface area contributed by atoms with Crippen LogP contribution in [0.4, 0.5) is 5.95 Å². The van der Waals surface area contributed by atoms with Gasteiger partial charge in [0.25, 0.3) is 0 Å². The Kier molecular flexibility index (Phi) is 6.93. The van der Waals surface area contributed by atoms with Gasteiger partial charge in [-0.25, -0.2) is 9.48 Å². The first-order valence-electron chi connectivity index (χ1n) is 11.3. The summed E-state index contributed by atoms with van der Waals surface area (Å²) in [7, 11) is 0. The van der Waals surface area contributed by atoms with E-state index in [1.807, 2.05) is 60.7 Å². The van der Waals surface area contributed by atoms with Gasteiger partial charge >= 0.3 is 5.97 Å². The van der Waals surface area contributed by atoms with E-state index in [4.69, 9.17) is 32.7 Å². The molecule has 36 heavy (non-hydrogen) atoms. The quantitative estimate of drug-likeness (QED) is 0.294. The maximum absolute atomic E-state index is 13.2. The number of rotatable bonds is 7. The van der Waals surface area contributed by atoms with E-state index in [1.165, 1.54) is 6.33 Å². The molecule has 1 aliphatic heterocycles. The zero-order chi connectivity index (χ0) is 25.1. The molecular formula is C27H22Cl2N4O3. The third kappa shape index (κ3) is 4.80. The van der Waals surface area contributed by atoms with E-state index in [0.29, 0.717) is 39.6 Å². The van der Waals surface area contributed by atoms with E-state index in [2.05, 4.69) is 15.4 Å². The highest BCUT2D eigenvalue weighted by atomic mass is 35.5. The molecule has 4 aromatic rings. The second kappa shape index (κ2) is 10.4. The van der Waals surface area contributed by atoms with E-state index in [0.717, 1.165) is 16.7 Å². The number of carbonyl (C=O) groups excluding carboxylic acids is 1. The van der Waals surface area contributed by atoms with Gasteiger partial charge in [0, 0.05) is 0 Å². The van der Waals surface area contributed by atoms with Gasteiger partial charge in [-0.3, -0.25) is 0 Å². The zero-order valence-electron chi connectivity index (χ0n) is 19.3. The minimum atomic E-state index is -0.540. The van der Waals surface area contributed by atoms with Gasteiger partial charge < -0.3 is 14.8 Å². The molecule has 0 amide bonds. The molecule has 1 atom stereocenters. The number of carbonyl (C=O) groups is 1. The highest BCUT2D eigenvalue weighted by Crippen LogP contribution is 2.39. The fraction of sp³-hybridized carbons (Fsp3) is 0.148. The zero-order valence-corrected chi connectivity index (χ0v) is 20.8. The molecule has 1 aliphatic rings. The fourth-order valence-corrected chi connectivity index (χ4v) is 4.39. The van der Waals surface area contributed by atoms with E-state index in [9.17, 15) is 4.79 Å². The van der Waals surface area contributed by atoms with Gasteiger partial charge in [0.15, 0.2) is 0 Å². The minimum Gasteiger partial charge on any atom is -0.489 e. The molecule has 0 aliphatic carbocycles. The van der Waals surface area contributed by atoms with Crippen LogP contribution in [0, 0.1) is 0 Å². The number of ether oxygens (including phenoxy) is 2. The third-order valence-electron chi connectivity index (χ3n) is 5.74. The lowest BCUT2D eigenvalue weighted by Gasteiger charge is -2.29. The molecule has 3 aromatic carbocycles. The second-order valence-corrected chi connectivity index (χ2v) is 8.85. The van der Waals surface area contributed by atoms with Crippen molar-refractivity contribution in [3.05, 3.63) is 111 Å². The Morgan fingerprint density at radius 3 is 2.53 bits per heavy atom. The molecule has 1 N–H and O–H groups in total. The number of halogens is 2. The maximum atomic E-state index is 13.2. The summed E-state index contributed by atoms with van der Waals surface area (Å²) in [6, 6.07) is 22.0. The van der Waals surface area contributed by atoms with Crippen molar-refractivity contribution in [3.63, 3.8) is 0 Å². The molecule has 0 radical (unpaired) electrons. The average molecular weight is 521 g/mol. The van der Waals surface area contributed by atoms with Crippen molar-refractivity contribution in [2.45, 2.75) is 19.6 Å². The molecule has 0 saturated heterocycles. The molecule has 1 unspecified atom stereocenters. The molecule has 9 heteroatoms. The SMILES string of the molecule is CCOC(=O)C1=C(c2ccccc2)Nc2ncnn2C1c1ccc(OCc2ccc(Cl)c(Cl)c2)cc1. The van der Waals surface area contributed by atoms with Gasteiger partial charge in [0.05, 0.1) is 27.9 Å². The summed E-state index contributed by atoms with van der Waals surface area (Å²) in [4.78, 5) is 17.6. The van der Waals surface area contributed by atoms with Crippen molar-refractivity contribution < 1.29 is 14.3 Å². The third-order valence-corrected chi connectivity index (χ3v) is 6.48. The van der Waals surface area contributed by atoms with Crippen molar-refractivity contribution >= 4 is 40.8 Å². The maximum Gasteiger partial charge on any atom is 0.338 e. The largest absolute Gasteiger partial charge is 0.489 e. The summed E-state index contributed by atoms with van der Waals surface area (Å²) < 4.78 is 13.1.